The molecule has 0 spiro atoms. The molecule has 3 heterocycles. The summed E-state index contributed by atoms with van der Waals surface area (Å²) in [5.74, 6) is 0. The lowest BCUT2D eigenvalue weighted by atomic mass is 10.0. The number of fused-ring (bicyclic) bond motifs is 3. The first kappa shape index (κ1) is 24.0. The van der Waals surface area contributed by atoms with Crippen molar-refractivity contribution in [2.75, 3.05) is 18.5 Å². The monoisotopic (exact) mass is 499 g/mol. The fourth-order valence-electron chi connectivity index (χ4n) is 4.17. The van der Waals surface area contributed by atoms with Crippen LogP contribution in [0.15, 0.2) is 36.5 Å². The molecule has 0 fully saturated rings. The minimum Gasteiger partial charge on any atom is -0.339 e. The zero-order valence-electron chi connectivity index (χ0n) is 18.7. The molecule has 0 saturated carbocycles. The summed E-state index contributed by atoms with van der Waals surface area (Å²) < 4.78 is 56.5. The molecule has 3 aromatic rings. The summed E-state index contributed by atoms with van der Waals surface area (Å²) >= 11 is 6.04. The largest absolute Gasteiger partial charge is 0.409 e. The average molecular weight is 500 g/mol. The van der Waals surface area contributed by atoms with E-state index in [0.29, 0.717) is 17.3 Å². The summed E-state index contributed by atoms with van der Waals surface area (Å²) in [7, 11) is -0.585. The molecule has 1 aliphatic heterocycles. The molecule has 1 aromatic carbocycles. The molecule has 11 heteroatoms. The van der Waals surface area contributed by atoms with Crippen molar-refractivity contribution in [2.24, 2.45) is 0 Å². The zero-order valence-corrected chi connectivity index (χ0v) is 20.3. The van der Waals surface area contributed by atoms with Gasteiger partial charge in [0.1, 0.15) is 17.0 Å². The molecule has 2 aromatic heterocycles. The first-order valence-electron chi connectivity index (χ1n) is 10.5. The molecule has 178 valence electrons. The molecule has 2 atom stereocenters. The second-order valence-corrected chi connectivity index (χ2v) is 11.7. The van der Waals surface area contributed by atoms with Crippen LogP contribution in [0.2, 0.25) is 5.15 Å². The number of nitrogens with zero attached hydrogens (tertiary/aromatic N) is 5. The Hall–Kier alpha value is -2.17. The Morgan fingerprint density at radius 1 is 1.18 bits per heavy atom. The van der Waals surface area contributed by atoms with Crippen LogP contribution in [-0.2, 0) is 17.4 Å². The van der Waals surface area contributed by atoms with Crippen molar-refractivity contribution in [3.63, 3.8) is 0 Å². The number of hydrogen-bond donors (Lipinski definition) is 0. The van der Waals surface area contributed by atoms with Crippen LogP contribution in [0.4, 0.5) is 24.5 Å². The summed E-state index contributed by atoms with van der Waals surface area (Å²) in [4.78, 5) is 6.44. The standard InChI is InChI=1S/C22H25ClF3N5OS/c1-21(2,3)33(32)29(4)20(22(24,25)26)14-7-9-15(10-8-14)30-11-5-6-16-17(30)13-27-19-12-18(23)28-31(16)19/h7-10,12-13,20H,5-6,11H2,1-4H3/t20-,33?/m0/s1. The van der Waals surface area contributed by atoms with Crippen molar-refractivity contribution in [2.45, 2.75) is 50.6 Å². The lowest BCUT2D eigenvalue weighted by Gasteiger charge is -2.34. The van der Waals surface area contributed by atoms with Crippen molar-refractivity contribution < 1.29 is 17.4 Å². The van der Waals surface area contributed by atoms with E-state index in [1.54, 1.807) is 49.7 Å². The summed E-state index contributed by atoms with van der Waals surface area (Å²) in [5.41, 5.74) is 3.24. The summed E-state index contributed by atoms with van der Waals surface area (Å²) in [6.45, 7) is 5.66. The van der Waals surface area contributed by atoms with E-state index in [4.69, 9.17) is 11.6 Å². The van der Waals surface area contributed by atoms with Gasteiger partial charge in [-0.2, -0.15) is 18.3 Å². The van der Waals surface area contributed by atoms with Crippen LogP contribution in [0.5, 0.6) is 0 Å². The second kappa shape index (κ2) is 8.56. The van der Waals surface area contributed by atoms with Crippen molar-refractivity contribution in [3.05, 3.63) is 52.9 Å². The second-order valence-electron chi connectivity index (χ2n) is 9.03. The van der Waals surface area contributed by atoms with Gasteiger partial charge in [0.25, 0.3) is 0 Å². The van der Waals surface area contributed by atoms with Crippen LogP contribution in [0.1, 0.15) is 44.5 Å². The number of anilines is 2. The van der Waals surface area contributed by atoms with Gasteiger partial charge in [-0.3, -0.25) is 0 Å². The lowest BCUT2D eigenvalue weighted by Crippen LogP contribution is -2.42. The highest BCUT2D eigenvalue weighted by Crippen LogP contribution is 2.40. The maximum atomic E-state index is 14.0. The van der Waals surface area contributed by atoms with Crippen LogP contribution in [0.25, 0.3) is 5.65 Å². The third-order valence-corrected chi connectivity index (χ3v) is 7.56. The van der Waals surface area contributed by atoms with Crippen LogP contribution in [0.3, 0.4) is 0 Å². The third-order valence-electron chi connectivity index (χ3n) is 5.60. The molecule has 0 saturated heterocycles. The molecule has 4 rings (SSSR count). The SMILES string of the molecule is CN([C@@H](c1ccc(N2CCCc3c2cnc2cc(Cl)nn32)cc1)C(F)(F)F)S(=O)C(C)(C)C. The lowest BCUT2D eigenvalue weighted by molar-refractivity contribution is -0.170. The third kappa shape index (κ3) is 4.61. The Labute approximate surface area is 197 Å². The predicted molar refractivity (Wildman–Crippen MR) is 124 cm³/mol. The van der Waals surface area contributed by atoms with Gasteiger partial charge in [0.05, 0.1) is 22.3 Å². The van der Waals surface area contributed by atoms with Gasteiger partial charge in [0.15, 0.2) is 10.8 Å². The smallest absolute Gasteiger partial charge is 0.339 e. The Kier molecular flexibility index (Phi) is 6.22. The molecule has 0 N–H and O–H groups in total. The molecular weight excluding hydrogens is 475 g/mol. The number of hydrogen-bond acceptors (Lipinski definition) is 4. The van der Waals surface area contributed by atoms with E-state index in [9.17, 15) is 17.4 Å². The van der Waals surface area contributed by atoms with Crippen LogP contribution < -0.4 is 4.90 Å². The number of aryl methyl sites for hydroxylation is 1. The van der Waals surface area contributed by atoms with E-state index < -0.39 is 28.0 Å². The number of aromatic nitrogens is 3. The Morgan fingerprint density at radius 3 is 2.45 bits per heavy atom. The minimum absolute atomic E-state index is 0.0380. The van der Waals surface area contributed by atoms with Crippen LogP contribution in [0, 0.1) is 0 Å². The number of benzene rings is 1. The molecular formula is C22H25ClF3N5OS. The highest BCUT2D eigenvalue weighted by Gasteiger charge is 2.46. The fourth-order valence-corrected chi connectivity index (χ4v) is 5.64. The summed E-state index contributed by atoms with van der Waals surface area (Å²) in [5, 5.41) is 4.66. The normalized spacial score (nSPS) is 16.8. The molecule has 33 heavy (non-hydrogen) atoms. The van der Waals surface area contributed by atoms with E-state index >= 15 is 0 Å². The van der Waals surface area contributed by atoms with Gasteiger partial charge in [0.2, 0.25) is 0 Å². The average Bonchev–Trinajstić information content (AvgIpc) is 3.12. The van der Waals surface area contributed by atoms with Crippen LogP contribution >= 0.6 is 11.6 Å². The molecule has 0 bridgehead atoms. The molecule has 0 amide bonds. The van der Waals surface area contributed by atoms with E-state index in [1.165, 1.54) is 19.2 Å². The van der Waals surface area contributed by atoms with Gasteiger partial charge in [-0.05, 0) is 51.3 Å². The Balaban J connectivity index is 1.68. The van der Waals surface area contributed by atoms with Gasteiger partial charge < -0.3 is 4.90 Å². The van der Waals surface area contributed by atoms with Crippen LogP contribution in [-0.4, -0.2) is 47.6 Å². The van der Waals surface area contributed by atoms with Gasteiger partial charge in [-0.25, -0.2) is 18.0 Å². The zero-order chi connectivity index (χ0) is 24.1. The molecule has 0 aliphatic carbocycles. The molecule has 6 nitrogen and oxygen atoms in total. The van der Waals surface area contributed by atoms with Gasteiger partial charge in [-0.1, -0.05) is 23.7 Å². The van der Waals surface area contributed by atoms with Crippen molar-refractivity contribution >= 4 is 39.6 Å². The van der Waals surface area contributed by atoms with Gasteiger partial charge in [-0.15, -0.1) is 0 Å². The molecule has 1 aliphatic rings. The highest BCUT2D eigenvalue weighted by molar-refractivity contribution is 7.84. The van der Waals surface area contributed by atoms with Crippen molar-refractivity contribution in [3.8, 4) is 0 Å². The van der Waals surface area contributed by atoms with E-state index in [-0.39, 0.29) is 5.56 Å². The first-order valence-corrected chi connectivity index (χ1v) is 12.0. The fraction of sp³-hybridized carbons (Fsp3) is 0.455. The van der Waals surface area contributed by atoms with Gasteiger partial charge in [0, 0.05) is 25.3 Å². The molecule has 0 radical (unpaired) electrons. The van der Waals surface area contributed by atoms with E-state index in [0.717, 1.165) is 34.2 Å². The quantitative estimate of drug-likeness (QED) is 0.478. The number of alkyl halides is 3. The molecule has 1 unspecified atom stereocenters. The van der Waals surface area contributed by atoms with Crippen molar-refractivity contribution in [1.82, 2.24) is 18.9 Å². The predicted octanol–water partition coefficient (Wildman–Crippen LogP) is 5.46. The van der Waals surface area contributed by atoms with Crippen molar-refractivity contribution in [1.29, 1.82) is 0 Å². The Bertz CT molecular complexity index is 1190. The van der Waals surface area contributed by atoms with E-state index in [1.807, 2.05) is 4.90 Å². The highest BCUT2D eigenvalue weighted by atomic mass is 35.5. The number of rotatable bonds is 4. The maximum absolute atomic E-state index is 14.0. The first-order chi connectivity index (χ1) is 15.4. The Morgan fingerprint density at radius 2 is 1.85 bits per heavy atom. The minimum atomic E-state index is -4.58. The summed E-state index contributed by atoms with van der Waals surface area (Å²) in [6.07, 6.45) is -1.19. The number of halogens is 4. The van der Waals surface area contributed by atoms with Gasteiger partial charge >= 0.3 is 6.18 Å². The maximum Gasteiger partial charge on any atom is 0.409 e. The van der Waals surface area contributed by atoms with E-state index in [2.05, 4.69) is 10.1 Å². The summed E-state index contributed by atoms with van der Waals surface area (Å²) in [6, 6.07) is 5.94. The topological polar surface area (TPSA) is 53.7 Å².